The molecule has 2 N–H and O–H groups in total. The molecular formula is C12H21N3O2. The monoisotopic (exact) mass is 239 g/mol. The van der Waals surface area contributed by atoms with Gasteiger partial charge < -0.3 is 15.0 Å². The number of nitrogens with two attached hydrogens (primary N) is 1. The summed E-state index contributed by atoms with van der Waals surface area (Å²) in [5.74, 6) is 1.42. The Morgan fingerprint density at radius 1 is 1.53 bits per heavy atom. The van der Waals surface area contributed by atoms with Gasteiger partial charge in [0.15, 0.2) is 0 Å². The van der Waals surface area contributed by atoms with Crippen LogP contribution in [0.5, 0.6) is 0 Å². The molecule has 1 fully saturated rings. The number of rotatable bonds is 4. The third kappa shape index (κ3) is 2.35. The molecule has 1 saturated heterocycles. The summed E-state index contributed by atoms with van der Waals surface area (Å²) in [5.41, 5.74) is 5.54. The van der Waals surface area contributed by atoms with Crippen molar-refractivity contribution in [3.05, 3.63) is 11.7 Å². The molecule has 1 aliphatic rings. The zero-order valence-electron chi connectivity index (χ0n) is 10.8. The minimum absolute atomic E-state index is 0.0191. The average molecular weight is 239 g/mol. The highest BCUT2D eigenvalue weighted by Gasteiger charge is 2.37. The molecule has 0 aromatic carbocycles. The normalized spacial score (nSPS) is 28.2. The van der Waals surface area contributed by atoms with Gasteiger partial charge in [0, 0.05) is 12.6 Å². The van der Waals surface area contributed by atoms with Gasteiger partial charge in [0.2, 0.25) is 11.7 Å². The van der Waals surface area contributed by atoms with E-state index in [1.165, 1.54) is 0 Å². The van der Waals surface area contributed by atoms with Gasteiger partial charge in [-0.05, 0) is 33.1 Å². The molecule has 2 heterocycles. The van der Waals surface area contributed by atoms with Crippen molar-refractivity contribution in [2.45, 2.75) is 57.6 Å². The second-order valence-electron chi connectivity index (χ2n) is 5.01. The molecule has 0 bridgehead atoms. The third-order valence-corrected chi connectivity index (χ3v) is 3.53. The summed E-state index contributed by atoms with van der Waals surface area (Å²) in [6.45, 7) is 6.82. The minimum atomic E-state index is -0.377. The summed E-state index contributed by atoms with van der Waals surface area (Å²) in [6.07, 6.45) is 2.89. The third-order valence-electron chi connectivity index (χ3n) is 3.53. The molecule has 96 valence electrons. The number of aromatic nitrogens is 2. The SMILES string of the molecule is CCC(c1nc(C2(C)CCCO2)no1)C(C)N. The van der Waals surface area contributed by atoms with E-state index in [0.717, 1.165) is 25.9 Å². The number of hydrogen-bond donors (Lipinski definition) is 1. The van der Waals surface area contributed by atoms with E-state index in [1.54, 1.807) is 0 Å². The zero-order chi connectivity index (χ0) is 12.5. The van der Waals surface area contributed by atoms with Crippen molar-refractivity contribution in [1.29, 1.82) is 0 Å². The van der Waals surface area contributed by atoms with Crippen LogP contribution in [0.25, 0.3) is 0 Å². The van der Waals surface area contributed by atoms with Crippen LogP contribution in [0.2, 0.25) is 0 Å². The Labute approximate surface area is 102 Å². The number of ether oxygens (including phenoxy) is 1. The molecule has 1 aliphatic heterocycles. The number of hydrogen-bond acceptors (Lipinski definition) is 5. The lowest BCUT2D eigenvalue weighted by atomic mass is 9.98. The maximum Gasteiger partial charge on any atom is 0.231 e. The lowest BCUT2D eigenvalue weighted by Crippen LogP contribution is -2.25. The van der Waals surface area contributed by atoms with Crippen LogP contribution in [0.4, 0.5) is 0 Å². The Hall–Kier alpha value is -0.940. The van der Waals surface area contributed by atoms with E-state index in [1.807, 2.05) is 13.8 Å². The van der Waals surface area contributed by atoms with E-state index >= 15 is 0 Å². The highest BCUT2D eigenvalue weighted by molar-refractivity contribution is 5.05. The van der Waals surface area contributed by atoms with Crippen molar-refractivity contribution in [2.24, 2.45) is 5.73 Å². The standard InChI is InChI=1S/C12H21N3O2/c1-4-9(8(2)13)10-14-11(15-17-10)12(3)6-5-7-16-12/h8-9H,4-7,13H2,1-3H3. The van der Waals surface area contributed by atoms with E-state index in [4.69, 9.17) is 15.0 Å². The second-order valence-corrected chi connectivity index (χ2v) is 5.01. The summed E-state index contributed by atoms with van der Waals surface area (Å²) < 4.78 is 11.0. The zero-order valence-corrected chi connectivity index (χ0v) is 10.8. The maximum absolute atomic E-state index is 5.92. The van der Waals surface area contributed by atoms with Crippen LogP contribution in [0, 0.1) is 0 Å². The van der Waals surface area contributed by atoms with Gasteiger partial charge >= 0.3 is 0 Å². The fourth-order valence-electron chi connectivity index (χ4n) is 2.33. The van der Waals surface area contributed by atoms with Crippen molar-refractivity contribution >= 4 is 0 Å². The topological polar surface area (TPSA) is 74.2 Å². The highest BCUT2D eigenvalue weighted by atomic mass is 16.5. The molecule has 0 amide bonds. The van der Waals surface area contributed by atoms with Crippen LogP contribution in [-0.2, 0) is 10.3 Å². The molecule has 5 heteroatoms. The Morgan fingerprint density at radius 2 is 2.29 bits per heavy atom. The van der Waals surface area contributed by atoms with Crippen LogP contribution >= 0.6 is 0 Å². The van der Waals surface area contributed by atoms with E-state index in [0.29, 0.717) is 11.7 Å². The van der Waals surface area contributed by atoms with Gasteiger partial charge in [0.05, 0.1) is 5.92 Å². The lowest BCUT2D eigenvalue weighted by Gasteiger charge is -2.18. The van der Waals surface area contributed by atoms with Gasteiger partial charge in [-0.15, -0.1) is 0 Å². The first-order valence-corrected chi connectivity index (χ1v) is 6.30. The van der Waals surface area contributed by atoms with Gasteiger partial charge in [0.1, 0.15) is 5.60 Å². The molecule has 1 aromatic heterocycles. The Kier molecular flexibility index (Phi) is 3.49. The molecule has 3 unspecified atom stereocenters. The van der Waals surface area contributed by atoms with Gasteiger partial charge in [-0.2, -0.15) is 4.98 Å². The fourth-order valence-corrected chi connectivity index (χ4v) is 2.33. The van der Waals surface area contributed by atoms with Crippen LogP contribution < -0.4 is 5.73 Å². The first kappa shape index (κ1) is 12.5. The molecule has 0 spiro atoms. The van der Waals surface area contributed by atoms with Gasteiger partial charge in [-0.25, -0.2) is 0 Å². The first-order chi connectivity index (χ1) is 8.07. The predicted molar refractivity (Wildman–Crippen MR) is 63.5 cm³/mol. The van der Waals surface area contributed by atoms with Crippen molar-refractivity contribution in [2.75, 3.05) is 6.61 Å². The summed E-state index contributed by atoms with van der Waals surface area (Å²) in [6, 6.07) is 0.0191. The Balaban J connectivity index is 2.20. The predicted octanol–water partition coefficient (Wildman–Crippen LogP) is 1.94. The average Bonchev–Trinajstić information content (AvgIpc) is 2.88. The van der Waals surface area contributed by atoms with Gasteiger partial charge in [0.25, 0.3) is 0 Å². The van der Waals surface area contributed by atoms with Crippen molar-refractivity contribution in [3.8, 4) is 0 Å². The van der Waals surface area contributed by atoms with Crippen LogP contribution in [0.3, 0.4) is 0 Å². The summed E-state index contributed by atoms with van der Waals surface area (Å²) in [5, 5.41) is 4.05. The fraction of sp³-hybridized carbons (Fsp3) is 0.833. The molecule has 0 aliphatic carbocycles. The van der Waals surface area contributed by atoms with Crippen molar-refractivity contribution in [1.82, 2.24) is 10.1 Å². The molecule has 2 rings (SSSR count). The van der Waals surface area contributed by atoms with E-state index in [-0.39, 0.29) is 17.6 Å². The van der Waals surface area contributed by atoms with Crippen molar-refractivity contribution < 1.29 is 9.26 Å². The van der Waals surface area contributed by atoms with Crippen molar-refractivity contribution in [3.63, 3.8) is 0 Å². The van der Waals surface area contributed by atoms with Gasteiger partial charge in [-0.1, -0.05) is 12.1 Å². The van der Waals surface area contributed by atoms with E-state index in [2.05, 4.69) is 17.1 Å². The first-order valence-electron chi connectivity index (χ1n) is 6.30. The van der Waals surface area contributed by atoms with Gasteiger partial charge in [-0.3, -0.25) is 0 Å². The Morgan fingerprint density at radius 3 is 2.82 bits per heavy atom. The quantitative estimate of drug-likeness (QED) is 0.869. The van der Waals surface area contributed by atoms with Crippen LogP contribution in [0.15, 0.2) is 4.52 Å². The Bertz CT molecular complexity index is 370. The molecular weight excluding hydrogens is 218 g/mol. The van der Waals surface area contributed by atoms with E-state index in [9.17, 15) is 0 Å². The summed E-state index contributed by atoms with van der Waals surface area (Å²) in [4.78, 5) is 4.47. The molecule has 0 saturated carbocycles. The summed E-state index contributed by atoms with van der Waals surface area (Å²) in [7, 11) is 0. The molecule has 0 radical (unpaired) electrons. The largest absolute Gasteiger partial charge is 0.367 e. The maximum atomic E-state index is 5.92. The lowest BCUT2D eigenvalue weighted by molar-refractivity contribution is 0.00768. The van der Waals surface area contributed by atoms with Crippen LogP contribution in [-0.4, -0.2) is 22.8 Å². The minimum Gasteiger partial charge on any atom is -0.367 e. The summed E-state index contributed by atoms with van der Waals surface area (Å²) >= 11 is 0. The highest BCUT2D eigenvalue weighted by Crippen LogP contribution is 2.34. The smallest absolute Gasteiger partial charge is 0.231 e. The molecule has 1 aromatic rings. The van der Waals surface area contributed by atoms with E-state index < -0.39 is 0 Å². The molecule has 3 atom stereocenters. The van der Waals surface area contributed by atoms with Crippen LogP contribution in [0.1, 0.15) is 57.7 Å². The molecule has 5 nitrogen and oxygen atoms in total. The second kappa shape index (κ2) is 4.74. The number of nitrogens with zero attached hydrogens (tertiary/aromatic N) is 2. The molecule has 17 heavy (non-hydrogen) atoms.